The highest BCUT2D eigenvalue weighted by molar-refractivity contribution is 5.95. The van der Waals surface area contributed by atoms with E-state index in [0.717, 1.165) is 16.8 Å². The monoisotopic (exact) mass is 350 g/mol. The summed E-state index contributed by atoms with van der Waals surface area (Å²) in [6.07, 6.45) is 2.99. The van der Waals surface area contributed by atoms with E-state index in [1.165, 1.54) is 6.33 Å². The highest BCUT2D eigenvalue weighted by Crippen LogP contribution is 2.14. The minimum atomic E-state index is -0.564. The highest BCUT2D eigenvalue weighted by Gasteiger charge is 2.11. The van der Waals surface area contributed by atoms with Gasteiger partial charge >= 0.3 is 5.97 Å². The Morgan fingerprint density at radius 2 is 1.77 bits per heavy atom. The minimum Gasteiger partial charge on any atom is -0.452 e. The Hall–Kier alpha value is -3.48. The van der Waals surface area contributed by atoms with Crippen LogP contribution in [0.1, 0.15) is 21.5 Å². The molecule has 132 valence electrons. The Kier molecular flexibility index (Phi) is 5.07. The summed E-state index contributed by atoms with van der Waals surface area (Å²) in [5.74, 6) is -0.951. The maximum Gasteiger partial charge on any atom is 0.338 e. The highest BCUT2D eigenvalue weighted by atomic mass is 16.5. The fraction of sp³-hybridized carbons (Fsp3) is 0.158. The van der Waals surface area contributed by atoms with Crippen molar-refractivity contribution in [2.24, 2.45) is 0 Å². The second-order valence-corrected chi connectivity index (χ2v) is 5.89. The van der Waals surface area contributed by atoms with E-state index in [1.54, 1.807) is 35.3 Å². The van der Waals surface area contributed by atoms with Gasteiger partial charge in [-0.05, 0) is 61.4 Å². The summed E-state index contributed by atoms with van der Waals surface area (Å²) in [6, 6.07) is 12.4. The zero-order valence-electron chi connectivity index (χ0n) is 14.5. The Bertz CT molecular complexity index is 898. The first kappa shape index (κ1) is 17.3. The minimum absolute atomic E-state index is 0.351. The van der Waals surface area contributed by atoms with Crippen molar-refractivity contribution in [3.8, 4) is 5.69 Å². The number of anilines is 1. The number of rotatable bonds is 5. The number of aryl methyl sites for hydroxylation is 2. The number of carbonyl (C=O) groups is 2. The van der Waals surface area contributed by atoms with Gasteiger partial charge in [0.25, 0.3) is 5.91 Å². The van der Waals surface area contributed by atoms with Crippen LogP contribution in [0.15, 0.2) is 55.1 Å². The number of nitrogens with one attached hydrogen (secondary N) is 1. The molecule has 0 saturated carbocycles. The van der Waals surface area contributed by atoms with Gasteiger partial charge in [0.1, 0.15) is 12.7 Å². The van der Waals surface area contributed by atoms with Crippen LogP contribution in [0.4, 0.5) is 5.69 Å². The predicted molar refractivity (Wildman–Crippen MR) is 96.2 cm³/mol. The van der Waals surface area contributed by atoms with Gasteiger partial charge in [-0.2, -0.15) is 5.10 Å². The van der Waals surface area contributed by atoms with Gasteiger partial charge in [0.2, 0.25) is 0 Å². The Balaban J connectivity index is 1.55. The molecule has 0 bridgehead atoms. The lowest BCUT2D eigenvalue weighted by molar-refractivity contribution is -0.119. The quantitative estimate of drug-likeness (QED) is 0.715. The van der Waals surface area contributed by atoms with Gasteiger partial charge in [-0.15, -0.1) is 0 Å². The molecule has 0 aliphatic rings. The molecule has 1 amide bonds. The predicted octanol–water partition coefficient (Wildman–Crippen LogP) is 2.68. The molecule has 7 heteroatoms. The zero-order valence-corrected chi connectivity index (χ0v) is 14.5. The maximum absolute atomic E-state index is 12.1. The van der Waals surface area contributed by atoms with Gasteiger partial charge in [0.15, 0.2) is 6.61 Å². The number of hydrogen-bond acceptors (Lipinski definition) is 5. The van der Waals surface area contributed by atoms with Crippen LogP contribution in [0.25, 0.3) is 5.69 Å². The molecule has 0 aliphatic carbocycles. The standard InChI is InChI=1S/C19H18N4O3/c1-13-7-14(2)9-16(8-13)22-18(24)10-26-19(25)15-3-5-17(6-4-15)23-12-20-11-21-23/h3-9,11-12H,10H2,1-2H3,(H,22,24). The number of esters is 1. The van der Waals surface area contributed by atoms with E-state index in [2.05, 4.69) is 15.4 Å². The molecular formula is C19H18N4O3. The molecule has 0 spiro atoms. The third kappa shape index (κ3) is 4.32. The van der Waals surface area contributed by atoms with Gasteiger partial charge in [0.05, 0.1) is 11.3 Å². The summed E-state index contributed by atoms with van der Waals surface area (Å²) < 4.78 is 6.64. The molecule has 0 fully saturated rings. The smallest absolute Gasteiger partial charge is 0.338 e. The molecule has 0 aliphatic heterocycles. The van der Waals surface area contributed by atoms with Crippen LogP contribution in [-0.4, -0.2) is 33.2 Å². The zero-order chi connectivity index (χ0) is 18.5. The van der Waals surface area contributed by atoms with Crippen molar-refractivity contribution in [2.75, 3.05) is 11.9 Å². The normalized spacial score (nSPS) is 10.4. The lowest BCUT2D eigenvalue weighted by Gasteiger charge is -2.08. The number of hydrogen-bond donors (Lipinski definition) is 1. The first-order valence-corrected chi connectivity index (χ1v) is 8.01. The summed E-state index contributed by atoms with van der Waals surface area (Å²) in [5.41, 5.74) is 3.90. The van der Waals surface area contributed by atoms with Crippen LogP contribution >= 0.6 is 0 Å². The molecule has 3 rings (SSSR count). The van der Waals surface area contributed by atoms with Crippen molar-refractivity contribution in [3.63, 3.8) is 0 Å². The summed E-state index contributed by atoms with van der Waals surface area (Å²) in [7, 11) is 0. The van der Waals surface area contributed by atoms with E-state index in [4.69, 9.17) is 4.74 Å². The molecule has 0 atom stereocenters. The van der Waals surface area contributed by atoms with E-state index in [9.17, 15) is 9.59 Å². The van der Waals surface area contributed by atoms with Gasteiger partial charge in [-0.1, -0.05) is 6.07 Å². The number of carbonyl (C=O) groups excluding carboxylic acids is 2. The fourth-order valence-electron chi connectivity index (χ4n) is 2.55. The number of nitrogens with zero attached hydrogens (tertiary/aromatic N) is 3. The van der Waals surface area contributed by atoms with Gasteiger partial charge < -0.3 is 10.1 Å². The molecule has 2 aromatic carbocycles. The fourth-order valence-corrected chi connectivity index (χ4v) is 2.55. The molecule has 1 aromatic heterocycles. The molecule has 0 radical (unpaired) electrons. The molecule has 0 unspecified atom stereocenters. The second-order valence-electron chi connectivity index (χ2n) is 5.89. The average molecular weight is 350 g/mol. The molecule has 0 saturated heterocycles. The van der Waals surface area contributed by atoms with Crippen LogP contribution in [-0.2, 0) is 9.53 Å². The molecule has 1 heterocycles. The van der Waals surface area contributed by atoms with E-state index in [1.807, 2.05) is 32.0 Å². The molecule has 7 nitrogen and oxygen atoms in total. The SMILES string of the molecule is Cc1cc(C)cc(NC(=O)COC(=O)c2ccc(-n3cncn3)cc2)c1. The third-order valence-corrected chi connectivity index (χ3v) is 3.63. The molecule has 1 N–H and O–H groups in total. The summed E-state index contributed by atoms with van der Waals surface area (Å²) in [4.78, 5) is 27.9. The van der Waals surface area contributed by atoms with E-state index in [-0.39, 0.29) is 12.5 Å². The lowest BCUT2D eigenvalue weighted by atomic mass is 10.1. The number of benzene rings is 2. The topological polar surface area (TPSA) is 86.1 Å². The van der Waals surface area contributed by atoms with Gasteiger partial charge in [0, 0.05) is 5.69 Å². The first-order valence-electron chi connectivity index (χ1n) is 8.01. The van der Waals surface area contributed by atoms with Gasteiger partial charge in [-0.3, -0.25) is 4.79 Å². The summed E-state index contributed by atoms with van der Waals surface area (Å²) in [5, 5.41) is 6.73. The van der Waals surface area contributed by atoms with E-state index in [0.29, 0.717) is 11.3 Å². The Morgan fingerprint density at radius 1 is 1.08 bits per heavy atom. The molecule has 3 aromatic rings. The molecule has 26 heavy (non-hydrogen) atoms. The van der Waals surface area contributed by atoms with Crippen molar-refractivity contribution in [3.05, 3.63) is 71.8 Å². The van der Waals surface area contributed by atoms with Crippen molar-refractivity contribution in [1.29, 1.82) is 0 Å². The van der Waals surface area contributed by atoms with Crippen molar-refractivity contribution >= 4 is 17.6 Å². The second kappa shape index (κ2) is 7.60. The largest absolute Gasteiger partial charge is 0.452 e. The first-order chi connectivity index (χ1) is 12.5. The van der Waals surface area contributed by atoms with E-state index >= 15 is 0 Å². The Morgan fingerprint density at radius 3 is 2.38 bits per heavy atom. The maximum atomic E-state index is 12.1. The van der Waals surface area contributed by atoms with Crippen LogP contribution in [0.3, 0.4) is 0 Å². The van der Waals surface area contributed by atoms with Crippen molar-refractivity contribution in [1.82, 2.24) is 14.8 Å². The number of amides is 1. The van der Waals surface area contributed by atoms with Gasteiger partial charge in [-0.25, -0.2) is 14.5 Å². The van der Waals surface area contributed by atoms with Crippen LogP contribution in [0, 0.1) is 13.8 Å². The molecular weight excluding hydrogens is 332 g/mol. The van der Waals surface area contributed by atoms with Crippen LogP contribution < -0.4 is 5.32 Å². The number of aromatic nitrogens is 3. The van der Waals surface area contributed by atoms with Crippen molar-refractivity contribution < 1.29 is 14.3 Å². The average Bonchev–Trinajstić information content (AvgIpc) is 3.13. The summed E-state index contributed by atoms with van der Waals surface area (Å²) >= 11 is 0. The number of ether oxygens (including phenoxy) is 1. The van der Waals surface area contributed by atoms with E-state index < -0.39 is 5.97 Å². The van der Waals surface area contributed by atoms with Crippen molar-refractivity contribution in [2.45, 2.75) is 13.8 Å². The van der Waals surface area contributed by atoms with Crippen LogP contribution in [0.5, 0.6) is 0 Å². The Labute approximate surface area is 150 Å². The lowest BCUT2D eigenvalue weighted by Crippen LogP contribution is -2.21. The summed E-state index contributed by atoms with van der Waals surface area (Å²) in [6.45, 7) is 3.55. The van der Waals surface area contributed by atoms with Crippen LogP contribution in [0.2, 0.25) is 0 Å². The third-order valence-electron chi connectivity index (χ3n) is 3.63.